The van der Waals surface area contributed by atoms with Crippen LogP contribution in [0, 0.1) is 0 Å². The van der Waals surface area contributed by atoms with Crippen molar-refractivity contribution >= 4 is 40.5 Å². The number of aliphatic imine (C=N–C) groups is 3. The Labute approximate surface area is 143 Å². The van der Waals surface area contributed by atoms with E-state index in [1.54, 1.807) is 25.1 Å². The van der Waals surface area contributed by atoms with Gasteiger partial charge >= 0.3 is 5.91 Å². The lowest BCUT2D eigenvalue weighted by Gasteiger charge is -2.11. The summed E-state index contributed by atoms with van der Waals surface area (Å²) in [6.07, 6.45) is 0.267. The number of amides is 1. The molecule has 2 aliphatic heterocycles. The Balaban J connectivity index is 2.02. The number of rotatable bonds is 5. The second-order valence-electron chi connectivity index (χ2n) is 5.42. The maximum Gasteiger partial charge on any atom is 0.303 e. The molecule has 0 N–H and O–H groups in total. The molecule has 3 rings (SSSR count). The van der Waals surface area contributed by atoms with Crippen molar-refractivity contribution in [3.8, 4) is 5.75 Å². The van der Waals surface area contributed by atoms with E-state index in [1.165, 1.54) is 14.0 Å². The highest BCUT2D eigenvalue weighted by Gasteiger charge is 2.29. The van der Waals surface area contributed by atoms with E-state index in [2.05, 4.69) is 30.4 Å². The molecule has 0 unspecified atom stereocenters. The van der Waals surface area contributed by atoms with Crippen molar-refractivity contribution in [2.24, 2.45) is 30.4 Å². The highest BCUT2D eigenvalue weighted by Crippen LogP contribution is 2.27. The van der Waals surface area contributed by atoms with Crippen molar-refractivity contribution in [3.63, 3.8) is 0 Å². The molecule has 1 amide bonds. The Kier molecular flexibility index (Phi) is 4.38. The third-order valence-electron chi connectivity index (χ3n) is 3.37. The average Bonchev–Trinajstić information content (AvgIpc) is 3.03. The molecule has 0 radical (unpaired) electrons. The number of carbonyl (C=O) groups is 2. The van der Waals surface area contributed by atoms with Crippen molar-refractivity contribution in [2.75, 3.05) is 7.11 Å². The fourth-order valence-corrected chi connectivity index (χ4v) is 2.37. The Morgan fingerprint density at radius 3 is 2.72 bits per heavy atom. The first kappa shape index (κ1) is 16.5. The van der Waals surface area contributed by atoms with E-state index < -0.39 is 5.91 Å². The first-order valence-corrected chi connectivity index (χ1v) is 7.40. The monoisotopic (exact) mass is 338 g/mol. The molecule has 9 nitrogen and oxygen atoms in total. The third-order valence-corrected chi connectivity index (χ3v) is 3.37. The number of Topliss-reactive ketones (excluding diaryl/α,β-unsaturated/α-hetero) is 1. The van der Waals surface area contributed by atoms with E-state index in [9.17, 15) is 9.59 Å². The molecule has 0 saturated heterocycles. The maximum atomic E-state index is 12.0. The number of benzene rings is 1. The van der Waals surface area contributed by atoms with Crippen LogP contribution in [0.5, 0.6) is 5.75 Å². The van der Waals surface area contributed by atoms with Crippen molar-refractivity contribution in [2.45, 2.75) is 20.3 Å². The summed E-state index contributed by atoms with van der Waals surface area (Å²) in [7, 11) is 1.50. The lowest BCUT2D eigenvalue weighted by Crippen LogP contribution is -2.26. The van der Waals surface area contributed by atoms with Gasteiger partial charge in [0.1, 0.15) is 11.5 Å². The van der Waals surface area contributed by atoms with Crippen molar-refractivity contribution in [1.82, 2.24) is 0 Å². The van der Waals surface area contributed by atoms with Crippen LogP contribution in [0.25, 0.3) is 0 Å². The topological polar surface area (TPSA) is 118 Å². The van der Waals surface area contributed by atoms with Crippen LogP contribution in [-0.2, 0) is 9.59 Å². The molecule has 1 aromatic rings. The highest BCUT2D eigenvalue weighted by molar-refractivity contribution is 6.69. The van der Waals surface area contributed by atoms with Gasteiger partial charge in [-0.2, -0.15) is 4.99 Å². The number of hydrogen-bond donors (Lipinski definition) is 0. The van der Waals surface area contributed by atoms with E-state index in [0.717, 1.165) is 0 Å². The van der Waals surface area contributed by atoms with Crippen LogP contribution < -0.4 is 4.74 Å². The number of fused-ring (bicyclic) bond motifs is 1. The van der Waals surface area contributed by atoms with E-state index in [-0.39, 0.29) is 29.6 Å². The SMILES string of the molecule is COc1ccc(N=C(C)CC(C)=O)cc1C1=NC(=O)C2=NN=NC2=N1. The molecule has 0 aliphatic carbocycles. The first-order valence-electron chi connectivity index (χ1n) is 7.40. The molecule has 2 aliphatic rings. The molecule has 0 atom stereocenters. The van der Waals surface area contributed by atoms with Crippen LogP contribution in [0.3, 0.4) is 0 Å². The molecule has 9 heteroatoms. The van der Waals surface area contributed by atoms with Crippen LogP contribution in [0.15, 0.2) is 48.6 Å². The minimum atomic E-state index is -0.561. The second-order valence-corrected chi connectivity index (χ2v) is 5.42. The minimum Gasteiger partial charge on any atom is -0.496 e. The summed E-state index contributed by atoms with van der Waals surface area (Å²) in [4.78, 5) is 35.8. The summed E-state index contributed by atoms with van der Waals surface area (Å²) in [5.74, 6) is 0.224. The van der Waals surface area contributed by atoms with Gasteiger partial charge in [-0.15, -0.1) is 10.2 Å². The maximum absolute atomic E-state index is 12.0. The zero-order valence-electron chi connectivity index (χ0n) is 13.8. The van der Waals surface area contributed by atoms with E-state index >= 15 is 0 Å². The Morgan fingerprint density at radius 1 is 1.20 bits per heavy atom. The lowest BCUT2D eigenvalue weighted by molar-refractivity contribution is -0.116. The lowest BCUT2D eigenvalue weighted by atomic mass is 10.1. The van der Waals surface area contributed by atoms with Crippen LogP contribution in [0.1, 0.15) is 25.8 Å². The van der Waals surface area contributed by atoms with Gasteiger partial charge in [-0.25, -0.2) is 4.99 Å². The predicted octanol–water partition coefficient (Wildman–Crippen LogP) is 2.27. The van der Waals surface area contributed by atoms with E-state index in [4.69, 9.17) is 4.74 Å². The molecule has 25 heavy (non-hydrogen) atoms. The zero-order chi connectivity index (χ0) is 18.0. The zero-order valence-corrected chi connectivity index (χ0v) is 13.8. The first-order chi connectivity index (χ1) is 12.0. The number of carbonyl (C=O) groups excluding carboxylic acids is 2. The minimum absolute atomic E-state index is 0.0224. The van der Waals surface area contributed by atoms with Crippen LogP contribution in [0.4, 0.5) is 5.69 Å². The number of nitrogens with zero attached hydrogens (tertiary/aromatic N) is 6. The van der Waals surface area contributed by atoms with Gasteiger partial charge in [-0.05, 0) is 37.3 Å². The summed E-state index contributed by atoms with van der Waals surface area (Å²) in [5, 5.41) is 10.7. The van der Waals surface area contributed by atoms with Gasteiger partial charge in [-0.3, -0.25) is 14.6 Å². The Hall–Kier alpha value is -3.36. The second kappa shape index (κ2) is 6.63. The fraction of sp³-hybridized carbons (Fsp3) is 0.250. The summed E-state index contributed by atoms with van der Waals surface area (Å²) < 4.78 is 5.32. The number of ether oxygens (including phenoxy) is 1. The number of amidine groups is 2. The molecule has 0 bridgehead atoms. The molecule has 126 valence electrons. The van der Waals surface area contributed by atoms with Crippen molar-refractivity contribution in [1.29, 1.82) is 0 Å². The van der Waals surface area contributed by atoms with Crippen LogP contribution >= 0.6 is 0 Å². The van der Waals surface area contributed by atoms with Gasteiger partial charge in [0.05, 0.1) is 18.4 Å². The van der Waals surface area contributed by atoms with Crippen molar-refractivity contribution < 1.29 is 14.3 Å². The number of ketones is 1. The Bertz CT molecular complexity index is 924. The smallest absolute Gasteiger partial charge is 0.303 e. The van der Waals surface area contributed by atoms with Crippen LogP contribution in [-0.4, -0.2) is 41.9 Å². The molecule has 0 saturated carbocycles. The average molecular weight is 338 g/mol. The standard InChI is InChI=1S/C16H14N6O3/c1-8(6-9(2)23)17-10-4-5-12(25-3)11(7-10)14-18-15-13(16(24)19-14)20-22-21-15/h4-5,7H,6H2,1-3H3. The normalized spacial score (nSPS) is 16.2. The summed E-state index contributed by atoms with van der Waals surface area (Å²) in [6, 6.07) is 5.13. The third kappa shape index (κ3) is 3.44. The molecular formula is C16H14N6O3. The predicted molar refractivity (Wildman–Crippen MR) is 92.3 cm³/mol. The summed E-state index contributed by atoms with van der Waals surface area (Å²) in [6.45, 7) is 3.28. The van der Waals surface area contributed by atoms with Crippen molar-refractivity contribution in [3.05, 3.63) is 23.8 Å². The summed E-state index contributed by atoms with van der Waals surface area (Å²) >= 11 is 0. The van der Waals surface area contributed by atoms with Gasteiger partial charge in [0.15, 0.2) is 5.84 Å². The van der Waals surface area contributed by atoms with Crippen LogP contribution in [0.2, 0.25) is 0 Å². The molecule has 1 aromatic carbocycles. The molecular weight excluding hydrogens is 324 g/mol. The summed E-state index contributed by atoms with van der Waals surface area (Å²) in [5.41, 5.74) is 1.78. The molecule has 2 heterocycles. The van der Waals surface area contributed by atoms with Gasteiger partial charge in [-0.1, -0.05) is 0 Å². The molecule has 0 aromatic heterocycles. The molecule has 0 spiro atoms. The van der Waals surface area contributed by atoms with Gasteiger partial charge in [0, 0.05) is 12.1 Å². The highest BCUT2D eigenvalue weighted by atomic mass is 16.5. The molecule has 0 fully saturated rings. The quantitative estimate of drug-likeness (QED) is 0.766. The largest absolute Gasteiger partial charge is 0.496 e. The van der Waals surface area contributed by atoms with Gasteiger partial charge in [0.25, 0.3) is 0 Å². The van der Waals surface area contributed by atoms with E-state index in [1.807, 2.05) is 0 Å². The fourth-order valence-electron chi connectivity index (χ4n) is 2.37. The Morgan fingerprint density at radius 2 is 2.00 bits per heavy atom. The number of hydrogen-bond acceptors (Lipinski definition) is 8. The van der Waals surface area contributed by atoms with E-state index in [0.29, 0.717) is 22.7 Å². The van der Waals surface area contributed by atoms with Gasteiger partial charge < -0.3 is 4.74 Å². The number of methoxy groups -OCH3 is 1. The van der Waals surface area contributed by atoms with Gasteiger partial charge in [0.2, 0.25) is 11.5 Å².